The molecule has 0 saturated carbocycles. The van der Waals surface area contributed by atoms with Crippen molar-refractivity contribution in [2.75, 3.05) is 7.11 Å². The fraction of sp³-hybridized carbons (Fsp3) is 0.200. The first kappa shape index (κ1) is 17.5. The van der Waals surface area contributed by atoms with E-state index in [9.17, 15) is 9.59 Å². The molecule has 0 aliphatic heterocycles. The summed E-state index contributed by atoms with van der Waals surface area (Å²) in [4.78, 5) is 24.0. The van der Waals surface area contributed by atoms with Crippen LogP contribution in [0.5, 0.6) is 0 Å². The van der Waals surface area contributed by atoms with Gasteiger partial charge in [-0.05, 0) is 35.7 Å². The maximum atomic E-state index is 12.6. The summed E-state index contributed by atoms with van der Waals surface area (Å²) in [5.41, 5.74) is 3.12. The summed E-state index contributed by atoms with van der Waals surface area (Å²) in [7, 11) is 1.31. The van der Waals surface area contributed by atoms with Gasteiger partial charge in [0.25, 0.3) is 0 Å². The minimum absolute atomic E-state index is 0.240. The molecule has 0 spiro atoms. The van der Waals surface area contributed by atoms with E-state index >= 15 is 0 Å². The van der Waals surface area contributed by atoms with E-state index < -0.39 is 5.97 Å². The number of carbonyl (C=O) groups is 2. The molecule has 2 aromatic carbocycles. The van der Waals surface area contributed by atoms with Gasteiger partial charge in [0.1, 0.15) is 0 Å². The van der Waals surface area contributed by atoms with Crippen molar-refractivity contribution in [1.82, 2.24) is 15.0 Å². The Balaban J connectivity index is 1.80. The summed E-state index contributed by atoms with van der Waals surface area (Å²) in [6, 6.07) is 14.2. The molecule has 0 fully saturated rings. The minimum atomic E-state index is -0.445. The third kappa shape index (κ3) is 3.54. The van der Waals surface area contributed by atoms with Crippen LogP contribution in [0, 0.1) is 0 Å². The van der Waals surface area contributed by atoms with Crippen molar-refractivity contribution in [1.29, 1.82) is 0 Å². The number of hydrogen-bond acceptors (Lipinski definition) is 5. The highest BCUT2D eigenvalue weighted by Crippen LogP contribution is 2.17. The molecule has 1 heterocycles. The number of rotatable bonds is 5. The Morgan fingerprint density at radius 3 is 2.15 bits per heavy atom. The van der Waals surface area contributed by atoms with Gasteiger partial charge in [0, 0.05) is 5.56 Å². The summed E-state index contributed by atoms with van der Waals surface area (Å²) < 4.78 is 6.22. The number of benzene rings is 2. The smallest absolute Gasteiger partial charge is 0.337 e. The molecule has 0 atom stereocenters. The maximum absolute atomic E-state index is 12.6. The van der Waals surface area contributed by atoms with Crippen molar-refractivity contribution in [2.45, 2.75) is 19.8 Å². The van der Waals surface area contributed by atoms with Crippen LogP contribution in [0.25, 0.3) is 5.69 Å². The molecule has 3 rings (SSSR count). The summed E-state index contributed by atoms with van der Waals surface area (Å²) in [6.45, 7) is 4.26. The fourth-order valence-electron chi connectivity index (χ4n) is 2.53. The fourth-order valence-corrected chi connectivity index (χ4v) is 2.53. The lowest BCUT2D eigenvalue weighted by atomic mass is 10.0. The van der Waals surface area contributed by atoms with Crippen molar-refractivity contribution in [2.24, 2.45) is 0 Å². The molecule has 132 valence electrons. The van der Waals surface area contributed by atoms with Crippen LogP contribution in [0.2, 0.25) is 0 Å². The number of aromatic nitrogens is 3. The highest BCUT2D eigenvalue weighted by molar-refractivity contribution is 6.07. The van der Waals surface area contributed by atoms with Crippen LogP contribution in [0.1, 0.15) is 51.7 Å². The SMILES string of the molecule is COC(=O)c1ccc(C(=O)c2cn(-c3ccc(C(C)C)cc3)nn2)cc1. The van der Waals surface area contributed by atoms with E-state index in [-0.39, 0.29) is 11.5 Å². The summed E-state index contributed by atoms with van der Waals surface area (Å²) in [5.74, 6) is -0.254. The molecule has 0 saturated heterocycles. The Morgan fingerprint density at radius 1 is 0.962 bits per heavy atom. The molecule has 0 N–H and O–H groups in total. The highest BCUT2D eigenvalue weighted by atomic mass is 16.5. The molecule has 0 bridgehead atoms. The van der Waals surface area contributed by atoms with E-state index in [2.05, 4.69) is 28.9 Å². The predicted octanol–water partition coefficient (Wildman–Crippen LogP) is 3.41. The van der Waals surface area contributed by atoms with Gasteiger partial charge in [-0.15, -0.1) is 5.10 Å². The Bertz CT molecular complexity index is 926. The van der Waals surface area contributed by atoms with Gasteiger partial charge in [-0.25, -0.2) is 9.48 Å². The van der Waals surface area contributed by atoms with Crippen LogP contribution in [-0.4, -0.2) is 33.9 Å². The highest BCUT2D eigenvalue weighted by Gasteiger charge is 2.15. The molecule has 6 nitrogen and oxygen atoms in total. The van der Waals surface area contributed by atoms with E-state index in [4.69, 9.17) is 0 Å². The third-order valence-corrected chi connectivity index (χ3v) is 4.12. The number of methoxy groups -OCH3 is 1. The topological polar surface area (TPSA) is 74.1 Å². The van der Waals surface area contributed by atoms with Gasteiger partial charge in [0.2, 0.25) is 5.78 Å². The van der Waals surface area contributed by atoms with Crippen LogP contribution in [0.4, 0.5) is 0 Å². The lowest BCUT2D eigenvalue weighted by Crippen LogP contribution is -2.04. The van der Waals surface area contributed by atoms with Gasteiger partial charge in [-0.1, -0.05) is 43.3 Å². The number of carbonyl (C=O) groups excluding carboxylic acids is 2. The third-order valence-electron chi connectivity index (χ3n) is 4.12. The number of ether oxygens (including phenoxy) is 1. The van der Waals surface area contributed by atoms with Crippen molar-refractivity contribution >= 4 is 11.8 Å². The first-order valence-electron chi connectivity index (χ1n) is 8.25. The van der Waals surface area contributed by atoms with Crippen LogP contribution in [-0.2, 0) is 4.74 Å². The van der Waals surface area contributed by atoms with E-state index in [1.54, 1.807) is 35.1 Å². The molecular weight excluding hydrogens is 330 g/mol. The van der Waals surface area contributed by atoms with Gasteiger partial charge >= 0.3 is 5.97 Å². The summed E-state index contributed by atoms with van der Waals surface area (Å²) in [6.07, 6.45) is 1.60. The second-order valence-corrected chi connectivity index (χ2v) is 6.19. The lowest BCUT2D eigenvalue weighted by molar-refractivity contribution is 0.0600. The standard InChI is InChI=1S/C20H19N3O3/c1-13(2)14-8-10-17(11-9-14)23-12-18(21-22-23)19(24)15-4-6-16(7-5-15)20(25)26-3/h4-13H,1-3H3. The molecule has 0 aliphatic carbocycles. The molecule has 3 aromatic rings. The van der Waals surface area contributed by atoms with Crippen LogP contribution < -0.4 is 0 Å². The van der Waals surface area contributed by atoms with Crippen LogP contribution >= 0.6 is 0 Å². The van der Waals surface area contributed by atoms with E-state index in [1.807, 2.05) is 24.3 Å². The number of nitrogens with zero attached hydrogens (tertiary/aromatic N) is 3. The van der Waals surface area contributed by atoms with Crippen LogP contribution in [0.3, 0.4) is 0 Å². The van der Waals surface area contributed by atoms with Crippen molar-refractivity contribution in [3.8, 4) is 5.69 Å². The van der Waals surface area contributed by atoms with Crippen LogP contribution in [0.15, 0.2) is 54.7 Å². The molecule has 26 heavy (non-hydrogen) atoms. The predicted molar refractivity (Wildman–Crippen MR) is 96.7 cm³/mol. The Labute approximate surface area is 151 Å². The minimum Gasteiger partial charge on any atom is -0.465 e. The number of hydrogen-bond donors (Lipinski definition) is 0. The molecule has 1 aromatic heterocycles. The van der Waals surface area contributed by atoms with Crippen molar-refractivity contribution in [3.05, 3.63) is 77.1 Å². The normalized spacial score (nSPS) is 10.8. The van der Waals surface area contributed by atoms with E-state index in [0.717, 1.165) is 5.69 Å². The van der Waals surface area contributed by atoms with Crippen molar-refractivity contribution < 1.29 is 14.3 Å². The van der Waals surface area contributed by atoms with Gasteiger partial charge < -0.3 is 4.74 Å². The molecule has 0 unspecified atom stereocenters. The molecule has 0 radical (unpaired) electrons. The van der Waals surface area contributed by atoms with Gasteiger partial charge in [-0.3, -0.25) is 4.79 Å². The average Bonchev–Trinajstić information content (AvgIpc) is 3.17. The molecule has 6 heteroatoms. The zero-order valence-electron chi connectivity index (χ0n) is 14.8. The molecule has 0 aliphatic rings. The monoisotopic (exact) mass is 349 g/mol. The van der Waals surface area contributed by atoms with Gasteiger partial charge in [-0.2, -0.15) is 0 Å². The second kappa shape index (κ2) is 7.31. The second-order valence-electron chi connectivity index (χ2n) is 6.19. The largest absolute Gasteiger partial charge is 0.465 e. The molecule has 0 amide bonds. The number of ketones is 1. The average molecular weight is 349 g/mol. The van der Waals surface area contributed by atoms with E-state index in [1.165, 1.54) is 12.7 Å². The first-order valence-corrected chi connectivity index (χ1v) is 8.25. The van der Waals surface area contributed by atoms with E-state index in [0.29, 0.717) is 17.0 Å². The van der Waals surface area contributed by atoms with Gasteiger partial charge in [0.15, 0.2) is 5.69 Å². The Hall–Kier alpha value is -3.28. The summed E-state index contributed by atoms with van der Waals surface area (Å²) >= 11 is 0. The Morgan fingerprint density at radius 2 is 1.58 bits per heavy atom. The lowest BCUT2D eigenvalue weighted by Gasteiger charge is -2.06. The van der Waals surface area contributed by atoms with Crippen molar-refractivity contribution in [3.63, 3.8) is 0 Å². The number of esters is 1. The quantitative estimate of drug-likeness (QED) is 0.521. The van der Waals surface area contributed by atoms with Gasteiger partial charge in [0.05, 0.1) is 24.6 Å². The first-order chi connectivity index (χ1) is 12.5. The zero-order chi connectivity index (χ0) is 18.7. The summed E-state index contributed by atoms with van der Waals surface area (Å²) in [5, 5.41) is 8.01. The maximum Gasteiger partial charge on any atom is 0.337 e. The molecular formula is C20H19N3O3. The Kier molecular flexibility index (Phi) is 4.93. The zero-order valence-corrected chi connectivity index (χ0v) is 14.8.